The number of nitrogens with zero attached hydrogens (tertiary/aromatic N) is 3. The van der Waals surface area contributed by atoms with E-state index in [2.05, 4.69) is 61.3 Å². The molecule has 1 N–H and O–H groups in total. The summed E-state index contributed by atoms with van der Waals surface area (Å²) in [6.07, 6.45) is 3.19. The molecule has 0 saturated heterocycles. The van der Waals surface area contributed by atoms with E-state index in [0.29, 0.717) is 23.9 Å². The first kappa shape index (κ1) is 18.8. The molecule has 0 aliphatic rings. The number of hydrogen-bond acceptors (Lipinski definition) is 3. The maximum atomic E-state index is 12.9. The maximum Gasteiger partial charge on any atom is 0.255 e. The first-order valence-electron chi connectivity index (χ1n) is 9.31. The minimum Gasteiger partial charge on any atom is -0.321 e. The molecule has 1 aromatic heterocycles. The third-order valence-electron chi connectivity index (χ3n) is 4.64. The molecule has 0 spiro atoms. The van der Waals surface area contributed by atoms with Gasteiger partial charge in [0.2, 0.25) is 0 Å². The molecule has 27 heavy (non-hydrogen) atoms. The molecule has 0 unspecified atom stereocenters. The van der Waals surface area contributed by atoms with Crippen molar-refractivity contribution >= 4 is 11.6 Å². The minimum atomic E-state index is -0.0858. The monoisotopic (exact) mass is 362 g/mol. The third kappa shape index (κ3) is 4.42. The summed E-state index contributed by atoms with van der Waals surface area (Å²) in [5.41, 5.74) is 4.99. The molecule has 5 nitrogen and oxygen atoms in total. The van der Waals surface area contributed by atoms with Crippen molar-refractivity contribution in [3.8, 4) is 0 Å². The lowest BCUT2D eigenvalue weighted by molar-refractivity contribution is 0.102. The molecule has 0 fully saturated rings. The van der Waals surface area contributed by atoms with Gasteiger partial charge in [-0.05, 0) is 40.7 Å². The lowest BCUT2D eigenvalue weighted by Crippen LogP contribution is -2.16. The number of para-hydroxylation sites is 1. The van der Waals surface area contributed by atoms with Crippen molar-refractivity contribution in [2.24, 2.45) is 0 Å². The van der Waals surface area contributed by atoms with Crippen molar-refractivity contribution < 1.29 is 4.79 Å². The van der Waals surface area contributed by atoms with Crippen molar-refractivity contribution in [1.82, 2.24) is 14.8 Å². The van der Waals surface area contributed by atoms with Gasteiger partial charge < -0.3 is 5.32 Å². The lowest BCUT2D eigenvalue weighted by Gasteiger charge is -2.20. The van der Waals surface area contributed by atoms with E-state index in [0.717, 1.165) is 22.4 Å². The number of carbonyl (C=O) groups is 1. The van der Waals surface area contributed by atoms with Crippen molar-refractivity contribution in [2.45, 2.75) is 46.1 Å². The fraction of sp³-hybridized carbons (Fsp3) is 0.318. The Labute approximate surface area is 160 Å². The molecule has 1 amide bonds. The zero-order valence-electron chi connectivity index (χ0n) is 16.3. The Hall–Kier alpha value is -2.95. The van der Waals surface area contributed by atoms with Crippen LogP contribution in [0.1, 0.15) is 66.6 Å². The molecular weight excluding hydrogens is 336 g/mol. The van der Waals surface area contributed by atoms with Crippen LogP contribution in [0.15, 0.2) is 55.1 Å². The number of hydrogen-bond donors (Lipinski definition) is 1. The number of amides is 1. The van der Waals surface area contributed by atoms with Crippen LogP contribution in [0, 0.1) is 0 Å². The molecular formula is C22H26N4O. The van der Waals surface area contributed by atoms with Gasteiger partial charge in [-0.3, -0.25) is 4.79 Å². The molecule has 0 radical (unpaired) electrons. The van der Waals surface area contributed by atoms with Gasteiger partial charge >= 0.3 is 0 Å². The molecule has 0 saturated carbocycles. The highest BCUT2D eigenvalue weighted by Crippen LogP contribution is 2.32. The largest absolute Gasteiger partial charge is 0.321 e. The third-order valence-corrected chi connectivity index (χ3v) is 4.64. The summed E-state index contributed by atoms with van der Waals surface area (Å²) in [5, 5.41) is 7.26. The minimum absolute atomic E-state index is 0.0858. The van der Waals surface area contributed by atoms with Gasteiger partial charge in [-0.15, -0.1) is 0 Å². The average molecular weight is 362 g/mol. The van der Waals surface area contributed by atoms with Crippen LogP contribution in [0.5, 0.6) is 0 Å². The highest BCUT2D eigenvalue weighted by molar-refractivity contribution is 6.05. The summed E-state index contributed by atoms with van der Waals surface area (Å²) in [6, 6.07) is 13.9. The summed E-state index contributed by atoms with van der Waals surface area (Å²) in [5.74, 6) is 0.588. The quantitative estimate of drug-likeness (QED) is 0.683. The lowest BCUT2D eigenvalue weighted by atomic mass is 9.92. The number of aromatic nitrogens is 3. The Kier molecular flexibility index (Phi) is 5.69. The molecule has 0 bridgehead atoms. The topological polar surface area (TPSA) is 59.8 Å². The van der Waals surface area contributed by atoms with E-state index in [1.807, 2.05) is 24.3 Å². The normalized spacial score (nSPS) is 11.2. The number of nitrogens with one attached hydrogen (secondary N) is 1. The van der Waals surface area contributed by atoms with Crippen LogP contribution in [0.2, 0.25) is 0 Å². The van der Waals surface area contributed by atoms with Gasteiger partial charge in [-0.2, -0.15) is 5.10 Å². The molecule has 0 atom stereocenters. The zero-order chi connectivity index (χ0) is 19.4. The first-order valence-corrected chi connectivity index (χ1v) is 9.31. The van der Waals surface area contributed by atoms with Crippen molar-refractivity contribution in [3.63, 3.8) is 0 Å². The maximum absolute atomic E-state index is 12.9. The van der Waals surface area contributed by atoms with Crippen LogP contribution < -0.4 is 5.32 Å². The van der Waals surface area contributed by atoms with Gasteiger partial charge in [0.1, 0.15) is 12.7 Å². The van der Waals surface area contributed by atoms with E-state index in [9.17, 15) is 4.79 Å². The highest BCUT2D eigenvalue weighted by Gasteiger charge is 2.16. The molecule has 140 valence electrons. The highest BCUT2D eigenvalue weighted by atomic mass is 16.1. The second-order valence-electron chi connectivity index (χ2n) is 7.36. The molecule has 3 rings (SSSR count). The van der Waals surface area contributed by atoms with Crippen molar-refractivity contribution in [2.75, 3.05) is 5.32 Å². The second kappa shape index (κ2) is 8.16. The van der Waals surface area contributed by atoms with E-state index in [4.69, 9.17) is 0 Å². The molecule has 0 aliphatic heterocycles. The van der Waals surface area contributed by atoms with Crippen LogP contribution in [0.3, 0.4) is 0 Å². The van der Waals surface area contributed by atoms with E-state index in [-0.39, 0.29) is 5.91 Å². The summed E-state index contributed by atoms with van der Waals surface area (Å²) in [7, 11) is 0. The van der Waals surface area contributed by atoms with E-state index in [1.54, 1.807) is 11.0 Å². The van der Waals surface area contributed by atoms with Crippen LogP contribution in [0.25, 0.3) is 0 Å². The number of rotatable bonds is 6. The van der Waals surface area contributed by atoms with Gasteiger partial charge in [-0.25, -0.2) is 9.67 Å². The van der Waals surface area contributed by atoms with Crippen molar-refractivity contribution in [3.05, 3.63) is 77.4 Å². The summed E-state index contributed by atoms with van der Waals surface area (Å²) in [4.78, 5) is 16.8. The van der Waals surface area contributed by atoms with Gasteiger partial charge in [0.05, 0.1) is 6.54 Å². The molecule has 1 heterocycles. The molecule has 0 aliphatic carbocycles. The predicted octanol–water partition coefficient (Wildman–Crippen LogP) is 4.83. The molecule has 2 aromatic carbocycles. The first-order chi connectivity index (χ1) is 13.0. The van der Waals surface area contributed by atoms with Crippen LogP contribution >= 0.6 is 0 Å². The predicted molar refractivity (Wildman–Crippen MR) is 108 cm³/mol. The Bertz CT molecular complexity index is 870. The zero-order valence-corrected chi connectivity index (χ0v) is 16.3. The van der Waals surface area contributed by atoms with Gasteiger partial charge in [0.25, 0.3) is 5.91 Å². The smallest absolute Gasteiger partial charge is 0.255 e. The summed E-state index contributed by atoms with van der Waals surface area (Å²) in [6.45, 7) is 9.22. The van der Waals surface area contributed by atoms with Crippen molar-refractivity contribution in [1.29, 1.82) is 0 Å². The van der Waals surface area contributed by atoms with E-state index >= 15 is 0 Å². The number of benzene rings is 2. The SMILES string of the molecule is CC(C)c1cccc(C(C)C)c1NC(=O)c1ccc(Cn2cncn2)cc1. The van der Waals surface area contributed by atoms with E-state index < -0.39 is 0 Å². The Balaban J connectivity index is 1.81. The van der Waals surface area contributed by atoms with Crippen LogP contribution in [-0.2, 0) is 6.54 Å². The number of anilines is 1. The van der Waals surface area contributed by atoms with Crippen LogP contribution in [-0.4, -0.2) is 20.7 Å². The van der Waals surface area contributed by atoms with Gasteiger partial charge in [0, 0.05) is 11.3 Å². The average Bonchev–Trinajstić information content (AvgIpc) is 3.15. The summed E-state index contributed by atoms with van der Waals surface area (Å²) < 4.78 is 1.75. The fourth-order valence-electron chi connectivity index (χ4n) is 3.14. The molecule has 5 heteroatoms. The Morgan fingerprint density at radius 3 is 2.15 bits per heavy atom. The standard InChI is InChI=1S/C22H26N4O/c1-15(2)19-6-5-7-20(16(3)4)21(19)25-22(27)18-10-8-17(9-11-18)12-26-14-23-13-24-26/h5-11,13-16H,12H2,1-4H3,(H,25,27). The van der Waals surface area contributed by atoms with Gasteiger partial charge in [-0.1, -0.05) is 58.0 Å². The number of carbonyl (C=O) groups excluding carboxylic acids is 1. The van der Waals surface area contributed by atoms with Crippen LogP contribution in [0.4, 0.5) is 5.69 Å². The Morgan fingerprint density at radius 1 is 1.00 bits per heavy atom. The fourth-order valence-corrected chi connectivity index (χ4v) is 3.14. The molecule has 3 aromatic rings. The second-order valence-corrected chi connectivity index (χ2v) is 7.36. The Morgan fingerprint density at radius 2 is 1.63 bits per heavy atom. The van der Waals surface area contributed by atoms with E-state index in [1.165, 1.54) is 6.33 Å². The van der Waals surface area contributed by atoms with Gasteiger partial charge in [0.15, 0.2) is 0 Å². The summed E-state index contributed by atoms with van der Waals surface area (Å²) >= 11 is 0.